The van der Waals surface area contributed by atoms with Crippen molar-refractivity contribution in [3.63, 3.8) is 0 Å². The summed E-state index contributed by atoms with van der Waals surface area (Å²) in [6.45, 7) is 36.9. The molecule has 0 saturated carbocycles. The van der Waals surface area contributed by atoms with Gasteiger partial charge in [0.1, 0.15) is 46.0 Å². The van der Waals surface area contributed by atoms with E-state index in [1.165, 1.54) is 27.7 Å². The molecule has 6 aliphatic heterocycles. The molecule has 0 amide bonds. The molecule has 13 aromatic carbocycles. The standard InChI is InChI=1S/C101H91BN2O4/c1-95(2,3)64-42-37-60(38-43-64)68-54-66(97(7,8)9)46-49-80(68)103-82-56-76-92(106-86-32-22-17-27-70(86)99(76,13)14)58-78(82)102-79-59-93-77(100(15,16)71-28-18-23-33-87(71)107-93)57-83(79)104(81-50-47-67(98(10,11)12)55-69(81)61-39-44-65(45-40-61)96(4,5)6)85-52-63(51-84(103)94(85)102)62-41-48-75-91(53-62)108-90-36-26-21-31-74(90)101(75)72-29-19-24-34-88(72)105-89-35-25-20-30-73(89)101/h17-59H,1-16H3. The molecule has 0 radical (unpaired) electrons. The van der Waals surface area contributed by atoms with Crippen LogP contribution in [0.1, 0.15) is 178 Å². The smallest absolute Gasteiger partial charge is 0.252 e. The number of anilines is 6. The minimum absolute atomic E-state index is 0.0541. The van der Waals surface area contributed by atoms with Crippen LogP contribution in [0, 0.1) is 0 Å². The molecule has 0 fully saturated rings. The third kappa shape index (κ3) is 10.1. The summed E-state index contributed by atoms with van der Waals surface area (Å²) in [6.07, 6.45) is 0. The Morgan fingerprint density at radius 3 is 0.944 bits per heavy atom. The summed E-state index contributed by atoms with van der Waals surface area (Å²) in [5.41, 5.74) is 28.3. The van der Waals surface area contributed by atoms with Crippen LogP contribution in [0.25, 0.3) is 33.4 Å². The molecule has 0 saturated heterocycles. The largest absolute Gasteiger partial charge is 0.457 e. The third-order valence-corrected chi connectivity index (χ3v) is 24.5. The van der Waals surface area contributed by atoms with Gasteiger partial charge in [0, 0.05) is 89.2 Å². The Balaban J connectivity index is 0.962. The minimum Gasteiger partial charge on any atom is -0.457 e. The predicted molar refractivity (Wildman–Crippen MR) is 447 cm³/mol. The fourth-order valence-corrected chi connectivity index (χ4v) is 18.5. The lowest BCUT2D eigenvalue weighted by Gasteiger charge is -2.47. The highest BCUT2D eigenvalue weighted by Crippen LogP contribution is 2.63. The molecule has 532 valence electrons. The maximum atomic E-state index is 7.44. The Morgan fingerprint density at radius 2 is 0.565 bits per heavy atom. The van der Waals surface area contributed by atoms with Crippen molar-refractivity contribution in [2.24, 2.45) is 0 Å². The maximum absolute atomic E-state index is 7.44. The zero-order chi connectivity index (χ0) is 74.7. The van der Waals surface area contributed by atoms with Crippen molar-refractivity contribution < 1.29 is 18.9 Å². The van der Waals surface area contributed by atoms with Gasteiger partial charge in [0.15, 0.2) is 0 Å². The molecule has 7 heteroatoms. The molecule has 6 nitrogen and oxygen atoms in total. The average Bonchev–Trinajstić information content (AvgIpc) is 0.685. The van der Waals surface area contributed by atoms with Crippen molar-refractivity contribution in [1.29, 1.82) is 0 Å². The molecule has 1 spiro atoms. The zero-order valence-corrected chi connectivity index (χ0v) is 64.9. The Bertz CT molecular complexity index is 5620. The van der Waals surface area contributed by atoms with Gasteiger partial charge >= 0.3 is 0 Å². The first-order valence-electron chi connectivity index (χ1n) is 38.5. The van der Waals surface area contributed by atoms with Gasteiger partial charge in [0.2, 0.25) is 0 Å². The monoisotopic (exact) mass is 1410 g/mol. The quantitative estimate of drug-likeness (QED) is 0.160. The second-order valence-corrected chi connectivity index (χ2v) is 36.1. The van der Waals surface area contributed by atoms with Gasteiger partial charge in [-0.25, -0.2) is 0 Å². The highest BCUT2D eigenvalue weighted by Gasteiger charge is 2.52. The van der Waals surface area contributed by atoms with Crippen LogP contribution in [-0.2, 0) is 37.9 Å². The van der Waals surface area contributed by atoms with Gasteiger partial charge in [-0.1, -0.05) is 275 Å². The minimum atomic E-state index is -0.778. The van der Waals surface area contributed by atoms with E-state index in [1.807, 2.05) is 0 Å². The Morgan fingerprint density at radius 1 is 0.250 bits per heavy atom. The summed E-state index contributed by atoms with van der Waals surface area (Å²) in [6, 6.07) is 98.2. The molecule has 13 aromatic rings. The molecule has 0 atom stereocenters. The molecule has 6 heterocycles. The van der Waals surface area contributed by atoms with Crippen molar-refractivity contribution in [1.82, 2.24) is 0 Å². The summed E-state index contributed by atoms with van der Waals surface area (Å²) in [5.74, 6) is 6.71. The number of nitrogens with zero attached hydrogens (tertiary/aromatic N) is 2. The van der Waals surface area contributed by atoms with Gasteiger partial charge in [-0.15, -0.1) is 0 Å². The number of fused-ring (bicyclic) bond motifs is 16. The van der Waals surface area contributed by atoms with E-state index >= 15 is 0 Å². The van der Waals surface area contributed by atoms with Crippen LogP contribution >= 0.6 is 0 Å². The Labute approximate surface area is 637 Å². The van der Waals surface area contributed by atoms with Crippen LogP contribution in [-0.4, -0.2) is 6.71 Å². The Kier molecular flexibility index (Phi) is 14.6. The molecule has 0 aliphatic carbocycles. The van der Waals surface area contributed by atoms with E-state index in [9.17, 15) is 0 Å². The predicted octanol–water partition coefficient (Wildman–Crippen LogP) is 25.4. The summed E-state index contributed by atoms with van der Waals surface area (Å²) in [7, 11) is 0. The summed E-state index contributed by atoms with van der Waals surface area (Å²) in [4.78, 5) is 5.29. The fraction of sp³-hybridized carbons (Fsp3) is 0.228. The molecule has 0 bridgehead atoms. The van der Waals surface area contributed by atoms with Crippen molar-refractivity contribution in [3.05, 3.63) is 328 Å². The number of ether oxygens (including phenoxy) is 4. The maximum Gasteiger partial charge on any atom is 0.252 e. The van der Waals surface area contributed by atoms with E-state index in [-0.39, 0.29) is 28.4 Å². The highest BCUT2D eigenvalue weighted by molar-refractivity contribution is 7.00. The van der Waals surface area contributed by atoms with Crippen molar-refractivity contribution in [3.8, 4) is 79.4 Å². The van der Waals surface area contributed by atoms with Crippen molar-refractivity contribution >= 4 is 57.2 Å². The molecule has 0 unspecified atom stereocenters. The van der Waals surface area contributed by atoms with Gasteiger partial charge in [0.25, 0.3) is 6.71 Å². The molecule has 108 heavy (non-hydrogen) atoms. The number of para-hydroxylation sites is 5. The first-order valence-corrected chi connectivity index (χ1v) is 38.5. The molecule has 6 aliphatic rings. The summed E-state index contributed by atoms with van der Waals surface area (Å²) < 4.78 is 29.0. The number of hydrogen-bond acceptors (Lipinski definition) is 6. The number of hydrogen-bond donors (Lipinski definition) is 0. The molecular formula is C101H91BN2O4. The lowest BCUT2D eigenvalue weighted by atomic mass is 9.33. The second kappa shape index (κ2) is 23.4. The lowest BCUT2D eigenvalue weighted by Crippen LogP contribution is -2.61. The van der Waals surface area contributed by atoms with Crippen LogP contribution in [0.3, 0.4) is 0 Å². The summed E-state index contributed by atoms with van der Waals surface area (Å²) in [5, 5.41) is 0. The van der Waals surface area contributed by atoms with Crippen LogP contribution < -0.4 is 45.1 Å². The van der Waals surface area contributed by atoms with Gasteiger partial charge in [-0.2, -0.15) is 0 Å². The van der Waals surface area contributed by atoms with Crippen molar-refractivity contribution in [2.75, 3.05) is 9.80 Å². The topological polar surface area (TPSA) is 43.4 Å². The number of benzene rings is 13. The van der Waals surface area contributed by atoms with Crippen LogP contribution in [0.2, 0.25) is 0 Å². The number of rotatable bonds is 5. The lowest BCUT2D eigenvalue weighted by molar-refractivity contribution is 0.399. The fourth-order valence-electron chi connectivity index (χ4n) is 18.5. The zero-order valence-electron chi connectivity index (χ0n) is 64.9. The highest BCUT2D eigenvalue weighted by atomic mass is 16.5. The van der Waals surface area contributed by atoms with E-state index < -0.39 is 16.2 Å². The van der Waals surface area contributed by atoms with Gasteiger partial charge in [0.05, 0.1) is 16.8 Å². The average molecular weight is 1410 g/mol. The van der Waals surface area contributed by atoms with Gasteiger partial charge in [-0.05, 0) is 180 Å². The van der Waals surface area contributed by atoms with E-state index in [0.717, 1.165) is 169 Å². The molecule has 0 N–H and O–H groups in total. The second-order valence-electron chi connectivity index (χ2n) is 36.1. The van der Waals surface area contributed by atoms with E-state index in [0.29, 0.717) is 0 Å². The first kappa shape index (κ1) is 67.3. The van der Waals surface area contributed by atoms with E-state index in [4.69, 9.17) is 18.9 Å². The SMILES string of the molecule is CC(C)(C)c1ccc(-c2cc(C(C)(C)C)ccc2N2c3cc4c(cc3B3c5cc6c(cc5N(c5ccc(C(C)(C)C)cc5-c5ccc(C(C)(C)C)cc5)c5cc(-c7ccc8c(c7)Oc7ccccc7C87c8ccccc8Oc8ccccc87)cc2c53)C(C)(C)c2ccccc2O6)Oc2ccccc2C4(C)C)cc1. The van der Waals surface area contributed by atoms with Crippen LogP contribution in [0.15, 0.2) is 261 Å². The van der Waals surface area contributed by atoms with Gasteiger partial charge < -0.3 is 28.7 Å². The summed E-state index contributed by atoms with van der Waals surface area (Å²) >= 11 is 0. The molecular weight excluding hydrogens is 1320 g/mol. The Hall–Kier alpha value is -11.3. The van der Waals surface area contributed by atoms with Gasteiger partial charge in [-0.3, -0.25) is 0 Å². The van der Waals surface area contributed by atoms with E-state index in [2.05, 4.69) is 381 Å². The first-order chi connectivity index (χ1) is 51.5. The normalized spacial score (nSPS) is 15.5. The van der Waals surface area contributed by atoms with Crippen LogP contribution in [0.4, 0.5) is 34.1 Å². The van der Waals surface area contributed by atoms with Crippen LogP contribution in [0.5, 0.6) is 46.0 Å². The third-order valence-electron chi connectivity index (χ3n) is 24.5. The van der Waals surface area contributed by atoms with E-state index in [1.54, 1.807) is 0 Å². The molecule has 0 aromatic heterocycles. The van der Waals surface area contributed by atoms with Crippen molar-refractivity contribution in [2.45, 2.75) is 149 Å². The molecule has 19 rings (SSSR count).